The number of aromatic nitrogens is 1. The van der Waals surface area contributed by atoms with E-state index in [-0.39, 0.29) is 5.69 Å². The molecule has 0 aliphatic rings. The second kappa shape index (κ2) is 4.57. The van der Waals surface area contributed by atoms with Gasteiger partial charge in [-0.15, -0.1) is 0 Å². The van der Waals surface area contributed by atoms with E-state index in [0.717, 1.165) is 5.69 Å². The number of rotatable bonds is 3. The maximum absolute atomic E-state index is 13.7. The van der Waals surface area contributed by atoms with Crippen LogP contribution in [0.3, 0.4) is 0 Å². The summed E-state index contributed by atoms with van der Waals surface area (Å²) < 4.78 is 29.0. The average Bonchev–Trinajstić information content (AvgIpc) is 2.70. The van der Waals surface area contributed by atoms with Crippen LogP contribution in [0.15, 0.2) is 30.5 Å². The Morgan fingerprint density at radius 2 is 2.00 bits per heavy atom. The number of aryl methyl sites for hydroxylation is 2. The lowest BCUT2D eigenvalue weighted by Gasteiger charge is -2.10. The molecule has 0 bridgehead atoms. The zero-order chi connectivity index (χ0) is 12.4. The Morgan fingerprint density at radius 1 is 1.24 bits per heavy atom. The topological polar surface area (TPSA) is 17.0 Å². The van der Waals surface area contributed by atoms with Gasteiger partial charge in [-0.3, -0.25) is 0 Å². The van der Waals surface area contributed by atoms with Gasteiger partial charge in [-0.25, -0.2) is 8.78 Å². The standard InChI is InChI=1S/C13H14F2N2/c1-9-5-6-11(14)13(12(9)15)16-8-10-4-3-7-17(10)2/h3-7,16H,8H2,1-2H3. The van der Waals surface area contributed by atoms with Crippen LogP contribution in [0.4, 0.5) is 14.5 Å². The number of anilines is 1. The Morgan fingerprint density at radius 3 is 2.65 bits per heavy atom. The molecule has 90 valence electrons. The molecule has 0 unspecified atom stereocenters. The van der Waals surface area contributed by atoms with E-state index < -0.39 is 11.6 Å². The highest BCUT2D eigenvalue weighted by Gasteiger charge is 2.11. The van der Waals surface area contributed by atoms with Crippen molar-refractivity contribution in [1.29, 1.82) is 0 Å². The number of halogens is 2. The van der Waals surface area contributed by atoms with Gasteiger partial charge in [0, 0.05) is 18.9 Å². The summed E-state index contributed by atoms with van der Waals surface area (Å²) in [4.78, 5) is 0. The van der Waals surface area contributed by atoms with Crippen molar-refractivity contribution >= 4 is 5.69 Å². The molecule has 0 aliphatic heterocycles. The van der Waals surface area contributed by atoms with Crippen LogP contribution in [0.5, 0.6) is 0 Å². The third-order valence-corrected chi connectivity index (χ3v) is 2.78. The summed E-state index contributed by atoms with van der Waals surface area (Å²) in [6, 6.07) is 6.49. The number of hydrogen-bond donors (Lipinski definition) is 1. The molecule has 0 radical (unpaired) electrons. The van der Waals surface area contributed by atoms with Gasteiger partial charge in [-0.05, 0) is 30.7 Å². The highest BCUT2D eigenvalue weighted by atomic mass is 19.1. The second-order valence-corrected chi connectivity index (χ2v) is 4.02. The highest BCUT2D eigenvalue weighted by Crippen LogP contribution is 2.22. The van der Waals surface area contributed by atoms with Gasteiger partial charge in [-0.2, -0.15) is 0 Å². The van der Waals surface area contributed by atoms with Crippen molar-refractivity contribution < 1.29 is 8.78 Å². The number of benzene rings is 1. The van der Waals surface area contributed by atoms with Gasteiger partial charge in [0.05, 0.1) is 6.54 Å². The van der Waals surface area contributed by atoms with E-state index in [1.54, 1.807) is 6.92 Å². The first kappa shape index (κ1) is 11.6. The Balaban J connectivity index is 2.20. The molecule has 2 rings (SSSR count). The van der Waals surface area contributed by atoms with Gasteiger partial charge in [-0.1, -0.05) is 6.07 Å². The van der Waals surface area contributed by atoms with Crippen LogP contribution in [-0.2, 0) is 13.6 Å². The molecule has 17 heavy (non-hydrogen) atoms. The molecule has 1 N–H and O–H groups in total. The minimum atomic E-state index is -0.567. The molecule has 4 heteroatoms. The molecule has 1 aromatic carbocycles. The monoisotopic (exact) mass is 236 g/mol. The minimum Gasteiger partial charge on any atom is -0.375 e. The van der Waals surface area contributed by atoms with Crippen molar-refractivity contribution in [3.8, 4) is 0 Å². The van der Waals surface area contributed by atoms with E-state index in [0.29, 0.717) is 12.1 Å². The molecular weight excluding hydrogens is 222 g/mol. The summed E-state index contributed by atoms with van der Waals surface area (Å²) in [6.45, 7) is 2.00. The molecule has 0 saturated heterocycles. The van der Waals surface area contributed by atoms with Gasteiger partial charge < -0.3 is 9.88 Å². The summed E-state index contributed by atoms with van der Waals surface area (Å²) >= 11 is 0. The van der Waals surface area contributed by atoms with Crippen LogP contribution in [0, 0.1) is 18.6 Å². The van der Waals surface area contributed by atoms with Crippen LogP contribution in [0.2, 0.25) is 0 Å². The fourth-order valence-corrected chi connectivity index (χ4v) is 1.68. The lowest BCUT2D eigenvalue weighted by atomic mass is 10.2. The molecule has 0 atom stereocenters. The predicted octanol–water partition coefficient (Wildman–Crippen LogP) is 3.22. The van der Waals surface area contributed by atoms with Crippen molar-refractivity contribution in [2.75, 3.05) is 5.32 Å². The third kappa shape index (κ3) is 2.30. The zero-order valence-corrected chi connectivity index (χ0v) is 9.80. The van der Waals surface area contributed by atoms with Gasteiger partial charge in [0.2, 0.25) is 0 Å². The Kier molecular flexibility index (Phi) is 3.13. The summed E-state index contributed by atoms with van der Waals surface area (Å²) in [6.07, 6.45) is 1.89. The average molecular weight is 236 g/mol. The Hall–Kier alpha value is -1.84. The zero-order valence-electron chi connectivity index (χ0n) is 9.80. The van der Waals surface area contributed by atoms with Crippen LogP contribution < -0.4 is 5.32 Å². The summed E-state index contributed by atoms with van der Waals surface area (Å²) in [5.41, 5.74) is 1.33. The molecule has 2 aromatic rings. The Labute approximate surface area is 98.9 Å². The van der Waals surface area contributed by atoms with E-state index in [1.165, 1.54) is 12.1 Å². The molecule has 2 nitrogen and oxygen atoms in total. The minimum absolute atomic E-state index is 0.0637. The van der Waals surface area contributed by atoms with E-state index in [9.17, 15) is 8.78 Å². The summed E-state index contributed by atoms with van der Waals surface area (Å²) in [7, 11) is 1.89. The van der Waals surface area contributed by atoms with Crippen molar-refractivity contribution in [2.45, 2.75) is 13.5 Å². The van der Waals surface area contributed by atoms with Crippen molar-refractivity contribution in [1.82, 2.24) is 4.57 Å². The molecule has 0 fully saturated rings. The maximum Gasteiger partial charge on any atom is 0.152 e. The molecule has 0 spiro atoms. The van der Waals surface area contributed by atoms with Gasteiger partial charge >= 0.3 is 0 Å². The first-order valence-electron chi connectivity index (χ1n) is 5.38. The van der Waals surface area contributed by atoms with Crippen molar-refractivity contribution in [3.63, 3.8) is 0 Å². The second-order valence-electron chi connectivity index (χ2n) is 4.02. The predicted molar refractivity (Wildman–Crippen MR) is 63.8 cm³/mol. The SMILES string of the molecule is Cc1ccc(F)c(NCc2cccn2C)c1F. The van der Waals surface area contributed by atoms with E-state index in [2.05, 4.69) is 5.32 Å². The number of nitrogens with zero attached hydrogens (tertiary/aromatic N) is 1. The van der Waals surface area contributed by atoms with E-state index in [1.807, 2.05) is 29.9 Å². The molecular formula is C13H14F2N2. The largest absolute Gasteiger partial charge is 0.375 e. The summed E-state index contributed by atoms with van der Waals surface area (Å²) in [5, 5.41) is 2.79. The van der Waals surface area contributed by atoms with E-state index >= 15 is 0 Å². The molecule has 0 saturated carbocycles. The lowest BCUT2D eigenvalue weighted by molar-refractivity contribution is 0.581. The van der Waals surface area contributed by atoms with Crippen LogP contribution in [0.1, 0.15) is 11.3 Å². The van der Waals surface area contributed by atoms with Crippen LogP contribution in [0.25, 0.3) is 0 Å². The summed E-state index contributed by atoms with van der Waals surface area (Å²) in [5.74, 6) is -1.10. The fourth-order valence-electron chi connectivity index (χ4n) is 1.68. The number of nitrogens with one attached hydrogen (secondary N) is 1. The molecule has 0 aliphatic carbocycles. The maximum atomic E-state index is 13.7. The van der Waals surface area contributed by atoms with Crippen molar-refractivity contribution in [3.05, 3.63) is 53.4 Å². The third-order valence-electron chi connectivity index (χ3n) is 2.78. The first-order valence-corrected chi connectivity index (χ1v) is 5.38. The van der Waals surface area contributed by atoms with Crippen molar-refractivity contribution in [2.24, 2.45) is 7.05 Å². The molecule has 1 heterocycles. The fraction of sp³-hybridized carbons (Fsp3) is 0.231. The molecule has 1 aromatic heterocycles. The van der Waals surface area contributed by atoms with Crippen LogP contribution in [-0.4, -0.2) is 4.57 Å². The first-order chi connectivity index (χ1) is 8.09. The van der Waals surface area contributed by atoms with Gasteiger partial charge in [0.25, 0.3) is 0 Å². The highest BCUT2D eigenvalue weighted by molar-refractivity contribution is 5.49. The molecule has 0 amide bonds. The van der Waals surface area contributed by atoms with Gasteiger partial charge in [0.15, 0.2) is 5.82 Å². The smallest absolute Gasteiger partial charge is 0.152 e. The quantitative estimate of drug-likeness (QED) is 0.865. The number of hydrogen-bond acceptors (Lipinski definition) is 1. The Bertz CT molecular complexity index is 532. The van der Waals surface area contributed by atoms with E-state index in [4.69, 9.17) is 0 Å². The normalized spacial score (nSPS) is 10.6. The lowest BCUT2D eigenvalue weighted by Crippen LogP contribution is -2.07. The van der Waals surface area contributed by atoms with Gasteiger partial charge in [0.1, 0.15) is 11.5 Å². The van der Waals surface area contributed by atoms with Crippen LogP contribution >= 0.6 is 0 Å².